The van der Waals surface area contributed by atoms with Gasteiger partial charge < -0.3 is 5.32 Å². The molecule has 0 fully saturated rings. The van der Waals surface area contributed by atoms with E-state index in [0.717, 1.165) is 11.3 Å². The Hall–Kier alpha value is -2.60. The molecule has 1 aliphatic rings. The van der Waals surface area contributed by atoms with Crippen LogP contribution in [0.25, 0.3) is 0 Å². The van der Waals surface area contributed by atoms with Crippen LogP contribution in [0, 0.1) is 6.92 Å². The van der Waals surface area contributed by atoms with Gasteiger partial charge in [-0.05, 0) is 55.9 Å². The number of benzene rings is 2. The van der Waals surface area contributed by atoms with Gasteiger partial charge in [-0.25, -0.2) is 0 Å². The maximum absolute atomic E-state index is 12.3. The lowest BCUT2D eigenvalue weighted by Crippen LogP contribution is -2.31. The Morgan fingerprint density at radius 2 is 1.74 bits per heavy atom. The third kappa shape index (κ3) is 4.39. The summed E-state index contributed by atoms with van der Waals surface area (Å²) in [6.45, 7) is 4.20. The average molecular weight is 382 g/mol. The Bertz CT molecular complexity index is 846. The number of carbonyl (C=O) groups excluding carboxylic acids is 3. The van der Waals surface area contributed by atoms with Crippen LogP contribution in [0.3, 0.4) is 0 Å². The van der Waals surface area contributed by atoms with E-state index in [4.69, 9.17) is 0 Å². The molecule has 0 aliphatic carbocycles. The smallest absolute Gasteiger partial charge is 0.261 e. The van der Waals surface area contributed by atoms with Crippen LogP contribution >= 0.6 is 11.8 Å². The highest BCUT2D eigenvalue weighted by molar-refractivity contribution is 8.00. The van der Waals surface area contributed by atoms with E-state index in [9.17, 15) is 14.4 Å². The van der Waals surface area contributed by atoms with Crippen LogP contribution < -0.4 is 5.32 Å². The first-order valence-corrected chi connectivity index (χ1v) is 9.96. The van der Waals surface area contributed by atoms with E-state index < -0.39 is 0 Å². The van der Waals surface area contributed by atoms with E-state index in [0.29, 0.717) is 29.8 Å². The van der Waals surface area contributed by atoms with Crippen LogP contribution in [0.1, 0.15) is 39.6 Å². The molecule has 0 spiro atoms. The average Bonchev–Trinajstić information content (AvgIpc) is 2.90. The number of nitrogens with one attached hydrogen (secondary N) is 1. The number of imide groups is 1. The number of carbonyl (C=O) groups is 3. The number of hydrogen-bond donors (Lipinski definition) is 1. The van der Waals surface area contributed by atoms with Crippen molar-refractivity contribution in [3.8, 4) is 0 Å². The molecule has 0 saturated carbocycles. The molecule has 0 radical (unpaired) electrons. The molecule has 1 atom stereocenters. The normalized spacial score (nSPS) is 14.2. The second-order valence-corrected chi connectivity index (χ2v) is 7.98. The summed E-state index contributed by atoms with van der Waals surface area (Å²) in [5.74, 6) is 0.179. The van der Waals surface area contributed by atoms with Crippen LogP contribution in [0.2, 0.25) is 0 Å². The molecule has 27 heavy (non-hydrogen) atoms. The van der Waals surface area contributed by atoms with Gasteiger partial charge >= 0.3 is 0 Å². The third-order valence-corrected chi connectivity index (χ3v) is 5.67. The summed E-state index contributed by atoms with van der Waals surface area (Å²) in [5.41, 5.74) is 2.83. The summed E-state index contributed by atoms with van der Waals surface area (Å²) in [5, 5.41) is 2.70. The number of fused-ring (bicyclic) bond motifs is 1. The summed E-state index contributed by atoms with van der Waals surface area (Å²) in [4.78, 5) is 38.2. The van der Waals surface area contributed by atoms with Crippen LogP contribution in [-0.2, 0) is 4.79 Å². The van der Waals surface area contributed by atoms with Crippen molar-refractivity contribution in [1.29, 1.82) is 0 Å². The van der Waals surface area contributed by atoms with Crippen LogP contribution in [0.4, 0.5) is 5.69 Å². The number of rotatable bonds is 7. The summed E-state index contributed by atoms with van der Waals surface area (Å²) >= 11 is 1.52. The monoisotopic (exact) mass is 382 g/mol. The molecule has 0 saturated heterocycles. The Morgan fingerprint density at radius 3 is 2.37 bits per heavy atom. The van der Waals surface area contributed by atoms with E-state index in [1.54, 1.807) is 24.3 Å². The molecule has 0 bridgehead atoms. The van der Waals surface area contributed by atoms with Gasteiger partial charge in [0.05, 0.1) is 16.4 Å². The summed E-state index contributed by atoms with van der Waals surface area (Å²) in [6.07, 6.45) is 0.651. The minimum absolute atomic E-state index is 0.0497. The van der Waals surface area contributed by atoms with E-state index >= 15 is 0 Å². The molecule has 1 unspecified atom stereocenters. The van der Waals surface area contributed by atoms with Crippen LogP contribution in [0.5, 0.6) is 0 Å². The first-order valence-electron chi connectivity index (χ1n) is 8.91. The number of hydrogen-bond acceptors (Lipinski definition) is 4. The fourth-order valence-corrected chi connectivity index (χ4v) is 3.83. The molecule has 140 valence electrons. The predicted molar refractivity (Wildman–Crippen MR) is 108 cm³/mol. The lowest BCUT2D eigenvalue weighted by molar-refractivity contribution is -0.115. The van der Waals surface area contributed by atoms with Crippen molar-refractivity contribution in [1.82, 2.24) is 4.90 Å². The zero-order valence-electron chi connectivity index (χ0n) is 15.4. The number of nitrogens with zero attached hydrogens (tertiary/aromatic N) is 1. The molecule has 2 aromatic carbocycles. The number of thioether (sulfide) groups is 1. The summed E-state index contributed by atoms with van der Waals surface area (Å²) < 4.78 is 0. The van der Waals surface area contributed by atoms with Gasteiger partial charge in [-0.2, -0.15) is 0 Å². The Labute approximate surface area is 163 Å². The van der Waals surface area contributed by atoms with Crippen molar-refractivity contribution < 1.29 is 14.4 Å². The van der Waals surface area contributed by atoms with Crippen LogP contribution in [-0.4, -0.2) is 40.2 Å². The van der Waals surface area contributed by atoms with Crippen molar-refractivity contribution in [2.45, 2.75) is 25.5 Å². The first kappa shape index (κ1) is 19.2. The highest BCUT2D eigenvalue weighted by Crippen LogP contribution is 2.23. The van der Waals surface area contributed by atoms with Gasteiger partial charge in [0.15, 0.2) is 0 Å². The first-order chi connectivity index (χ1) is 13.0. The molecule has 1 N–H and O–H groups in total. The molecule has 2 aromatic rings. The molecule has 1 aliphatic heterocycles. The van der Waals surface area contributed by atoms with E-state index in [1.165, 1.54) is 16.7 Å². The lowest BCUT2D eigenvalue weighted by atomic mass is 10.1. The predicted octanol–water partition coefficient (Wildman–Crippen LogP) is 3.74. The minimum atomic E-state index is -0.231. The van der Waals surface area contributed by atoms with Gasteiger partial charge in [-0.1, -0.05) is 24.3 Å². The second kappa shape index (κ2) is 8.39. The van der Waals surface area contributed by atoms with Crippen LogP contribution in [0.15, 0.2) is 48.5 Å². The standard InChI is InChI=1S/C21H22N2O3S/c1-14-7-5-8-16(13-14)22-19(24)15(2)27-12-6-11-23-20(25)17-9-3-4-10-18(17)21(23)26/h3-5,7-10,13,15H,6,11-12H2,1-2H3,(H,22,24). The van der Waals surface area contributed by atoms with Gasteiger partial charge in [0, 0.05) is 12.2 Å². The van der Waals surface area contributed by atoms with Gasteiger partial charge in [-0.15, -0.1) is 11.8 Å². The maximum atomic E-state index is 12.3. The molecule has 3 amide bonds. The van der Waals surface area contributed by atoms with E-state index in [2.05, 4.69) is 5.32 Å². The largest absolute Gasteiger partial charge is 0.325 e. The second-order valence-electron chi connectivity index (χ2n) is 6.53. The van der Waals surface area contributed by atoms with Crippen molar-refractivity contribution >= 4 is 35.2 Å². The van der Waals surface area contributed by atoms with Crippen molar-refractivity contribution in [3.63, 3.8) is 0 Å². The number of anilines is 1. The number of aryl methyl sites for hydroxylation is 1. The Morgan fingerprint density at radius 1 is 1.07 bits per heavy atom. The quantitative estimate of drug-likeness (QED) is 0.585. The van der Waals surface area contributed by atoms with Crippen molar-refractivity contribution in [2.75, 3.05) is 17.6 Å². The molecule has 0 aromatic heterocycles. The van der Waals surface area contributed by atoms with Gasteiger partial charge in [-0.3, -0.25) is 19.3 Å². The molecule has 1 heterocycles. The minimum Gasteiger partial charge on any atom is -0.325 e. The molecule has 3 rings (SSSR count). The fourth-order valence-electron chi connectivity index (χ4n) is 2.97. The summed E-state index contributed by atoms with van der Waals surface area (Å²) in [7, 11) is 0. The fraction of sp³-hybridized carbons (Fsp3) is 0.286. The zero-order valence-corrected chi connectivity index (χ0v) is 16.2. The number of amides is 3. The maximum Gasteiger partial charge on any atom is 0.261 e. The van der Waals surface area contributed by atoms with E-state index in [1.807, 2.05) is 38.1 Å². The van der Waals surface area contributed by atoms with E-state index in [-0.39, 0.29) is 23.0 Å². The van der Waals surface area contributed by atoms with Gasteiger partial charge in [0.25, 0.3) is 11.8 Å². The zero-order chi connectivity index (χ0) is 19.4. The topological polar surface area (TPSA) is 66.5 Å². The Kier molecular flexibility index (Phi) is 5.96. The lowest BCUT2D eigenvalue weighted by Gasteiger charge is -2.15. The molecule has 6 heteroatoms. The van der Waals surface area contributed by atoms with Crippen molar-refractivity contribution in [3.05, 3.63) is 65.2 Å². The van der Waals surface area contributed by atoms with Crippen molar-refractivity contribution in [2.24, 2.45) is 0 Å². The van der Waals surface area contributed by atoms with Gasteiger partial charge in [0.1, 0.15) is 0 Å². The molecular weight excluding hydrogens is 360 g/mol. The highest BCUT2D eigenvalue weighted by Gasteiger charge is 2.34. The molecular formula is C21H22N2O3S. The SMILES string of the molecule is Cc1cccc(NC(=O)C(C)SCCCN2C(=O)c3ccccc3C2=O)c1. The highest BCUT2D eigenvalue weighted by atomic mass is 32.2. The molecule has 5 nitrogen and oxygen atoms in total. The van der Waals surface area contributed by atoms with Gasteiger partial charge in [0.2, 0.25) is 5.91 Å². The third-order valence-electron chi connectivity index (χ3n) is 4.43. The summed E-state index contributed by atoms with van der Waals surface area (Å²) in [6, 6.07) is 14.6. The Balaban J connectivity index is 1.44.